The van der Waals surface area contributed by atoms with Gasteiger partial charge in [-0.05, 0) is 50.8 Å². The Bertz CT molecular complexity index is 1310. The fourth-order valence-electron chi connectivity index (χ4n) is 4.37. The molecule has 8 nitrogen and oxygen atoms in total. The van der Waals surface area contributed by atoms with Gasteiger partial charge in [0.25, 0.3) is 5.56 Å². The number of hydrogen-bond acceptors (Lipinski definition) is 5. The first-order valence-corrected chi connectivity index (χ1v) is 11.7. The summed E-state index contributed by atoms with van der Waals surface area (Å²) in [5.74, 6) is 0.692. The van der Waals surface area contributed by atoms with Crippen LogP contribution in [0.4, 0.5) is 5.95 Å². The van der Waals surface area contributed by atoms with Crippen molar-refractivity contribution in [3.63, 3.8) is 0 Å². The predicted molar refractivity (Wildman–Crippen MR) is 133 cm³/mol. The van der Waals surface area contributed by atoms with Crippen molar-refractivity contribution in [3.8, 4) is 0 Å². The Kier molecular flexibility index (Phi) is 6.76. The number of hydrogen-bond donors (Lipinski definition) is 1. The molecule has 1 saturated heterocycles. The summed E-state index contributed by atoms with van der Waals surface area (Å²) in [6.45, 7) is 6.31. The molecule has 0 bridgehead atoms. The van der Waals surface area contributed by atoms with E-state index in [0.29, 0.717) is 41.6 Å². The van der Waals surface area contributed by atoms with E-state index in [-0.39, 0.29) is 23.8 Å². The van der Waals surface area contributed by atoms with Gasteiger partial charge in [0.1, 0.15) is 0 Å². The van der Waals surface area contributed by atoms with Crippen LogP contribution in [0, 0.1) is 0 Å². The minimum atomic E-state index is -0.372. The van der Waals surface area contributed by atoms with Crippen LogP contribution < -0.4 is 21.9 Å². The lowest BCUT2D eigenvalue weighted by Crippen LogP contribution is -2.44. The molecule has 1 aliphatic heterocycles. The van der Waals surface area contributed by atoms with E-state index in [9.17, 15) is 9.59 Å². The monoisotopic (exact) mass is 470 g/mol. The molecule has 1 unspecified atom stereocenters. The van der Waals surface area contributed by atoms with Crippen molar-refractivity contribution in [1.29, 1.82) is 0 Å². The van der Waals surface area contributed by atoms with Crippen LogP contribution in [0.5, 0.6) is 0 Å². The molecule has 0 amide bonds. The molecule has 0 radical (unpaired) electrons. The third kappa shape index (κ3) is 4.77. The van der Waals surface area contributed by atoms with Crippen molar-refractivity contribution in [2.75, 3.05) is 18.0 Å². The number of anilines is 1. The topological polar surface area (TPSA) is 91.1 Å². The Labute approximate surface area is 197 Å². The zero-order chi connectivity index (χ0) is 23.7. The molecule has 0 saturated carbocycles. The van der Waals surface area contributed by atoms with E-state index < -0.39 is 0 Å². The number of nitrogens with zero attached hydrogens (tertiary/aromatic N) is 5. The normalized spacial score (nSPS) is 16.4. The van der Waals surface area contributed by atoms with Crippen molar-refractivity contribution in [2.24, 2.45) is 12.8 Å². The third-order valence-corrected chi connectivity index (χ3v) is 6.38. The average molecular weight is 471 g/mol. The molecule has 1 aliphatic rings. The molecular weight excluding hydrogens is 440 g/mol. The molecule has 9 heteroatoms. The lowest BCUT2D eigenvalue weighted by molar-refractivity contribution is 0.495. The van der Waals surface area contributed by atoms with Crippen molar-refractivity contribution in [2.45, 2.75) is 52.2 Å². The first-order chi connectivity index (χ1) is 15.8. The molecule has 1 aromatic carbocycles. The van der Waals surface area contributed by atoms with E-state index in [0.717, 1.165) is 30.5 Å². The lowest BCUT2D eigenvalue weighted by atomic mass is 10.1. The number of fused-ring (bicyclic) bond motifs is 1. The number of allylic oxidation sites excluding steroid dienone is 2. The Morgan fingerprint density at radius 1 is 1.27 bits per heavy atom. The molecule has 2 aromatic heterocycles. The molecule has 176 valence electrons. The molecule has 1 atom stereocenters. The average Bonchev–Trinajstić information content (AvgIpc) is 3.16. The molecule has 4 rings (SSSR count). The number of aromatic nitrogens is 4. The van der Waals surface area contributed by atoms with Gasteiger partial charge in [-0.1, -0.05) is 35.4 Å². The second-order valence-electron chi connectivity index (χ2n) is 9.00. The zero-order valence-corrected chi connectivity index (χ0v) is 20.2. The minimum Gasteiger partial charge on any atom is -0.341 e. The fourth-order valence-corrected chi connectivity index (χ4v) is 4.58. The van der Waals surface area contributed by atoms with Gasteiger partial charge in [0, 0.05) is 44.3 Å². The number of rotatable bonds is 6. The first kappa shape index (κ1) is 23.3. The van der Waals surface area contributed by atoms with Gasteiger partial charge in [-0.3, -0.25) is 13.9 Å². The van der Waals surface area contributed by atoms with Gasteiger partial charge >= 0.3 is 5.69 Å². The van der Waals surface area contributed by atoms with Gasteiger partial charge in [-0.2, -0.15) is 4.98 Å². The number of benzene rings is 1. The van der Waals surface area contributed by atoms with Crippen LogP contribution in [0.3, 0.4) is 0 Å². The second kappa shape index (κ2) is 9.57. The Balaban J connectivity index is 1.84. The minimum absolute atomic E-state index is 0.0636. The Morgan fingerprint density at radius 3 is 2.76 bits per heavy atom. The maximum absolute atomic E-state index is 13.6. The highest BCUT2D eigenvalue weighted by atomic mass is 35.5. The van der Waals surface area contributed by atoms with Crippen LogP contribution in [0.15, 0.2) is 45.5 Å². The van der Waals surface area contributed by atoms with Crippen LogP contribution >= 0.6 is 11.6 Å². The highest BCUT2D eigenvalue weighted by Gasteiger charge is 2.26. The van der Waals surface area contributed by atoms with E-state index in [2.05, 4.69) is 11.0 Å². The smallest absolute Gasteiger partial charge is 0.332 e. The van der Waals surface area contributed by atoms with Crippen molar-refractivity contribution in [1.82, 2.24) is 18.7 Å². The summed E-state index contributed by atoms with van der Waals surface area (Å²) in [7, 11) is 1.67. The lowest BCUT2D eigenvalue weighted by Gasteiger charge is -2.31. The summed E-state index contributed by atoms with van der Waals surface area (Å²) in [6.07, 6.45) is 4.53. The standard InChI is InChI=1S/C24H31ClN6O2/c1-16(2)9-12-30-20-21(27-23(30)29-11-5-8-19(26)15-29)28(3)24(33)31(22(20)32)13-10-17-6-4-7-18(25)14-17/h4,6-7,9,14,19H,5,8,10-13,15,26H2,1-3H3. The molecule has 3 aromatic rings. The van der Waals surface area contributed by atoms with Crippen LogP contribution in [-0.4, -0.2) is 37.8 Å². The molecule has 2 N–H and O–H groups in total. The van der Waals surface area contributed by atoms with E-state index >= 15 is 0 Å². The number of aryl methyl sites for hydroxylation is 2. The highest BCUT2D eigenvalue weighted by molar-refractivity contribution is 6.30. The van der Waals surface area contributed by atoms with Crippen molar-refractivity contribution >= 4 is 28.7 Å². The van der Waals surface area contributed by atoms with Gasteiger partial charge in [0.15, 0.2) is 11.2 Å². The summed E-state index contributed by atoms with van der Waals surface area (Å²) in [5.41, 5.74) is 8.48. The Morgan fingerprint density at radius 2 is 2.06 bits per heavy atom. The molecule has 0 spiro atoms. The molecule has 0 aliphatic carbocycles. The molecular formula is C24H31ClN6O2. The molecule has 33 heavy (non-hydrogen) atoms. The van der Waals surface area contributed by atoms with E-state index in [1.165, 1.54) is 9.13 Å². The third-order valence-electron chi connectivity index (χ3n) is 6.15. The highest BCUT2D eigenvalue weighted by Crippen LogP contribution is 2.23. The summed E-state index contributed by atoms with van der Waals surface area (Å²) >= 11 is 6.10. The summed E-state index contributed by atoms with van der Waals surface area (Å²) < 4.78 is 4.70. The van der Waals surface area contributed by atoms with Gasteiger partial charge in [0.2, 0.25) is 5.95 Å². The maximum Gasteiger partial charge on any atom is 0.332 e. The van der Waals surface area contributed by atoms with E-state index in [4.69, 9.17) is 22.3 Å². The van der Waals surface area contributed by atoms with Crippen LogP contribution in [0.25, 0.3) is 11.2 Å². The van der Waals surface area contributed by atoms with E-state index in [1.54, 1.807) is 13.1 Å². The van der Waals surface area contributed by atoms with E-state index in [1.807, 2.05) is 36.6 Å². The largest absolute Gasteiger partial charge is 0.341 e. The Hall–Kier alpha value is -2.84. The summed E-state index contributed by atoms with van der Waals surface area (Å²) in [6, 6.07) is 7.53. The molecule has 1 fully saturated rings. The fraction of sp³-hybridized carbons (Fsp3) is 0.458. The number of imidazole rings is 1. The number of nitrogens with two attached hydrogens (primary N) is 1. The van der Waals surface area contributed by atoms with Crippen molar-refractivity contribution < 1.29 is 0 Å². The quantitative estimate of drug-likeness (QED) is 0.559. The van der Waals surface area contributed by atoms with Gasteiger partial charge < -0.3 is 15.2 Å². The van der Waals surface area contributed by atoms with Crippen LogP contribution in [0.1, 0.15) is 32.3 Å². The first-order valence-electron chi connectivity index (χ1n) is 11.3. The van der Waals surface area contributed by atoms with Crippen molar-refractivity contribution in [3.05, 3.63) is 67.3 Å². The van der Waals surface area contributed by atoms with Crippen LogP contribution in [0.2, 0.25) is 5.02 Å². The number of piperidine rings is 1. The summed E-state index contributed by atoms with van der Waals surface area (Å²) in [4.78, 5) is 33.6. The zero-order valence-electron chi connectivity index (χ0n) is 19.4. The van der Waals surface area contributed by atoms with Crippen LogP contribution in [-0.2, 0) is 26.6 Å². The number of halogens is 1. The SMILES string of the molecule is CC(C)=CCn1c(N2CCCC(N)C2)nc2c1c(=O)n(CCc1cccc(Cl)c1)c(=O)n2C. The summed E-state index contributed by atoms with van der Waals surface area (Å²) in [5, 5.41) is 0.632. The van der Waals surface area contributed by atoms with Gasteiger partial charge in [-0.15, -0.1) is 0 Å². The maximum atomic E-state index is 13.6. The predicted octanol–water partition coefficient (Wildman–Crippen LogP) is 2.69. The van der Waals surface area contributed by atoms with Gasteiger partial charge in [0.05, 0.1) is 0 Å². The van der Waals surface area contributed by atoms with Gasteiger partial charge in [-0.25, -0.2) is 4.79 Å². The molecule has 3 heterocycles. The second-order valence-corrected chi connectivity index (χ2v) is 9.44.